The zero-order valence-corrected chi connectivity index (χ0v) is 15.3. The molecule has 1 aliphatic heterocycles. The van der Waals surface area contributed by atoms with Gasteiger partial charge in [0.05, 0.1) is 4.90 Å². The third kappa shape index (κ3) is 3.62. The molecule has 6 nitrogen and oxygen atoms in total. The van der Waals surface area contributed by atoms with Gasteiger partial charge < -0.3 is 9.88 Å². The highest BCUT2D eigenvalue weighted by Gasteiger charge is 2.28. The molecule has 1 aliphatic rings. The van der Waals surface area contributed by atoms with Crippen LogP contribution in [-0.2, 0) is 10.0 Å². The van der Waals surface area contributed by atoms with Gasteiger partial charge in [-0.3, -0.25) is 4.79 Å². The van der Waals surface area contributed by atoms with Crippen LogP contribution in [0, 0.1) is 13.8 Å². The topological polar surface area (TPSA) is 73.5 Å². The second-order valence-corrected chi connectivity index (χ2v) is 8.32. The molecule has 0 radical (unpaired) electrons. The van der Waals surface area contributed by atoms with Crippen molar-refractivity contribution in [2.24, 2.45) is 0 Å². The fourth-order valence-corrected chi connectivity index (χ4v) is 4.55. The van der Waals surface area contributed by atoms with Crippen LogP contribution in [0.2, 0.25) is 0 Å². The Bertz CT molecular complexity index is 860. The van der Waals surface area contributed by atoms with Crippen LogP contribution in [0.25, 0.3) is 0 Å². The van der Waals surface area contributed by atoms with E-state index >= 15 is 0 Å². The van der Waals surface area contributed by atoms with Crippen LogP contribution < -0.4 is 0 Å². The summed E-state index contributed by atoms with van der Waals surface area (Å²) in [5.41, 5.74) is 2.56. The Hall–Kier alpha value is -2.12. The van der Waals surface area contributed by atoms with Crippen molar-refractivity contribution < 1.29 is 13.2 Å². The van der Waals surface area contributed by atoms with E-state index in [0.717, 1.165) is 11.1 Å². The second-order valence-electron chi connectivity index (χ2n) is 6.38. The molecule has 0 spiro atoms. The van der Waals surface area contributed by atoms with Gasteiger partial charge in [-0.05, 0) is 55.7 Å². The minimum atomic E-state index is -3.54. The smallest absolute Gasteiger partial charge is 0.270 e. The third-order valence-electron chi connectivity index (χ3n) is 4.69. The molecule has 0 unspecified atom stereocenters. The highest BCUT2D eigenvalue weighted by Crippen LogP contribution is 2.21. The average molecular weight is 361 g/mol. The predicted octanol–water partition coefficient (Wildman–Crippen LogP) is 2.17. The Morgan fingerprint density at radius 1 is 1.04 bits per heavy atom. The molecule has 1 aromatic heterocycles. The highest BCUT2D eigenvalue weighted by molar-refractivity contribution is 7.89. The highest BCUT2D eigenvalue weighted by atomic mass is 32.2. The largest absolute Gasteiger partial charge is 0.357 e. The third-order valence-corrected chi connectivity index (χ3v) is 6.58. The van der Waals surface area contributed by atoms with E-state index in [-0.39, 0.29) is 5.91 Å². The predicted molar refractivity (Wildman–Crippen MR) is 96.0 cm³/mol. The van der Waals surface area contributed by atoms with Crippen LogP contribution >= 0.6 is 0 Å². The first kappa shape index (κ1) is 17.7. The molecule has 134 valence electrons. The number of hydrogen-bond donors (Lipinski definition) is 1. The Balaban J connectivity index is 1.76. The van der Waals surface area contributed by atoms with Gasteiger partial charge in [-0.25, -0.2) is 8.42 Å². The number of nitrogens with one attached hydrogen (secondary N) is 1. The molecule has 0 bridgehead atoms. The van der Waals surface area contributed by atoms with Gasteiger partial charge in [0, 0.05) is 32.4 Å². The van der Waals surface area contributed by atoms with Crippen LogP contribution in [0.3, 0.4) is 0 Å². The molecule has 7 heteroatoms. The molecule has 1 fully saturated rings. The van der Waals surface area contributed by atoms with Crippen LogP contribution in [0.4, 0.5) is 0 Å². The van der Waals surface area contributed by atoms with Crippen LogP contribution in [0.1, 0.15) is 28.0 Å². The number of rotatable bonds is 3. The van der Waals surface area contributed by atoms with Gasteiger partial charge in [-0.2, -0.15) is 4.31 Å². The zero-order chi connectivity index (χ0) is 18.0. The van der Waals surface area contributed by atoms with Gasteiger partial charge in [-0.15, -0.1) is 0 Å². The average Bonchev–Trinajstić information content (AvgIpc) is 3.00. The molecule has 0 atom stereocenters. The van der Waals surface area contributed by atoms with Crippen LogP contribution in [0.5, 0.6) is 0 Å². The number of nitrogens with zero attached hydrogens (tertiary/aromatic N) is 2. The maximum atomic E-state index is 12.9. The van der Waals surface area contributed by atoms with E-state index in [1.54, 1.807) is 35.4 Å². The maximum absolute atomic E-state index is 12.9. The summed E-state index contributed by atoms with van der Waals surface area (Å²) in [4.78, 5) is 17.4. The van der Waals surface area contributed by atoms with Crippen LogP contribution in [0.15, 0.2) is 41.4 Å². The van der Waals surface area contributed by atoms with Gasteiger partial charge >= 0.3 is 0 Å². The van der Waals surface area contributed by atoms with Crippen LogP contribution in [-0.4, -0.2) is 54.7 Å². The summed E-state index contributed by atoms with van der Waals surface area (Å²) in [6, 6.07) is 8.72. The number of aryl methyl sites for hydroxylation is 2. The summed E-state index contributed by atoms with van der Waals surface area (Å²) in [6.45, 7) is 5.54. The van der Waals surface area contributed by atoms with E-state index in [1.807, 2.05) is 19.9 Å². The molecule has 1 amide bonds. The van der Waals surface area contributed by atoms with Gasteiger partial charge in [0.15, 0.2) is 0 Å². The van der Waals surface area contributed by atoms with Crippen molar-refractivity contribution in [1.82, 2.24) is 14.2 Å². The number of amides is 1. The summed E-state index contributed by atoms with van der Waals surface area (Å²) in [5.74, 6) is -0.0876. The lowest BCUT2D eigenvalue weighted by Gasteiger charge is -2.22. The molecule has 1 saturated heterocycles. The fraction of sp³-hybridized carbons (Fsp3) is 0.389. The normalized spacial score (nSPS) is 16.6. The first-order chi connectivity index (χ1) is 11.9. The molecular formula is C18H23N3O3S. The van der Waals surface area contributed by atoms with Crippen molar-refractivity contribution in [3.63, 3.8) is 0 Å². The fourth-order valence-electron chi connectivity index (χ4n) is 2.99. The quantitative estimate of drug-likeness (QED) is 0.910. The van der Waals surface area contributed by atoms with Gasteiger partial charge in [0.1, 0.15) is 5.69 Å². The summed E-state index contributed by atoms with van der Waals surface area (Å²) < 4.78 is 27.3. The summed E-state index contributed by atoms with van der Waals surface area (Å²) in [6.07, 6.45) is 2.33. The number of hydrogen-bond acceptors (Lipinski definition) is 3. The lowest BCUT2D eigenvalue weighted by Crippen LogP contribution is -2.37. The summed E-state index contributed by atoms with van der Waals surface area (Å²) in [5, 5.41) is 0. The first-order valence-corrected chi connectivity index (χ1v) is 9.83. The molecule has 25 heavy (non-hydrogen) atoms. The standard InChI is InChI=1S/C18H23N3O3S/c1-14-6-7-16(13-15(14)2)25(23,24)21-10-4-9-20(11-12-21)18(22)17-5-3-8-19-17/h3,5-8,13,19H,4,9-12H2,1-2H3. The number of H-pyrrole nitrogens is 1. The number of carbonyl (C=O) groups is 1. The van der Waals surface area contributed by atoms with Crippen molar-refractivity contribution in [1.29, 1.82) is 0 Å². The molecule has 1 N–H and O–H groups in total. The molecule has 3 rings (SSSR count). The van der Waals surface area contributed by atoms with Crippen molar-refractivity contribution in [2.75, 3.05) is 26.2 Å². The van der Waals surface area contributed by atoms with Crippen molar-refractivity contribution in [3.8, 4) is 0 Å². The molecule has 0 aliphatic carbocycles. The zero-order valence-electron chi connectivity index (χ0n) is 14.5. The minimum Gasteiger partial charge on any atom is -0.357 e. The molecule has 0 saturated carbocycles. The second kappa shape index (κ2) is 7.01. The van der Waals surface area contributed by atoms with Gasteiger partial charge in [0.2, 0.25) is 10.0 Å². The molecule has 2 aromatic rings. The van der Waals surface area contributed by atoms with E-state index in [0.29, 0.717) is 43.2 Å². The summed E-state index contributed by atoms with van der Waals surface area (Å²) in [7, 11) is -3.54. The van der Waals surface area contributed by atoms with E-state index in [1.165, 1.54) is 4.31 Å². The number of aromatic amines is 1. The van der Waals surface area contributed by atoms with Crippen molar-refractivity contribution in [3.05, 3.63) is 53.3 Å². The molecular weight excluding hydrogens is 338 g/mol. The van der Waals surface area contributed by atoms with E-state index in [4.69, 9.17) is 0 Å². The number of aromatic nitrogens is 1. The van der Waals surface area contributed by atoms with Crippen molar-refractivity contribution >= 4 is 15.9 Å². The maximum Gasteiger partial charge on any atom is 0.270 e. The van der Waals surface area contributed by atoms with E-state index in [9.17, 15) is 13.2 Å². The van der Waals surface area contributed by atoms with E-state index in [2.05, 4.69) is 4.98 Å². The number of benzene rings is 1. The van der Waals surface area contributed by atoms with Gasteiger partial charge in [0.25, 0.3) is 5.91 Å². The van der Waals surface area contributed by atoms with Crippen molar-refractivity contribution in [2.45, 2.75) is 25.2 Å². The van der Waals surface area contributed by atoms with Gasteiger partial charge in [-0.1, -0.05) is 6.07 Å². The number of sulfonamides is 1. The van der Waals surface area contributed by atoms with E-state index < -0.39 is 10.0 Å². The number of carbonyl (C=O) groups excluding carboxylic acids is 1. The lowest BCUT2D eigenvalue weighted by atomic mass is 10.1. The lowest BCUT2D eigenvalue weighted by molar-refractivity contribution is 0.0759. The molecule has 1 aromatic carbocycles. The Labute approximate surface area is 148 Å². The monoisotopic (exact) mass is 361 g/mol. The Morgan fingerprint density at radius 2 is 1.84 bits per heavy atom. The SMILES string of the molecule is Cc1ccc(S(=O)(=O)N2CCCN(C(=O)c3ccc[nH]3)CC2)cc1C. The minimum absolute atomic E-state index is 0.0876. The summed E-state index contributed by atoms with van der Waals surface area (Å²) >= 11 is 0. The Morgan fingerprint density at radius 3 is 2.52 bits per heavy atom. The first-order valence-electron chi connectivity index (χ1n) is 8.39. The Kier molecular flexibility index (Phi) is 4.96. The molecule has 2 heterocycles.